The molecular weight excluding hydrogens is 251 g/mol. The number of carbonyl (C=O) groups excluding carboxylic acids is 1. The Bertz CT molecular complexity index is 519. The summed E-state index contributed by atoms with van der Waals surface area (Å²) in [5, 5.41) is 13.6. The average molecular weight is 266 g/mol. The number of nitrogens with one attached hydrogen (secondary N) is 1. The first-order valence-electron chi connectivity index (χ1n) is 6.24. The second kappa shape index (κ2) is 5.34. The zero-order valence-corrected chi connectivity index (χ0v) is 10.6. The topological polar surface area (TPSA) is 72.2 Å². The van der Waals surface area contributed by atoms with Gasteiger partial charge in [0.2, 0.25) is 0 Å². The molecule has 0 radical (unpaired) electrons. The van der Waals surface area contributed by atoms with Crippen molar-refractivity contribution < 1.29 is 14.1 Å². The zero-order chi connectivity index (χ0) is 14.0. The predicted molar refractivity (Wildman–Crippen MR) is 67.3 cm³/mol. The zero-order valence-electron chi connectivity index (χ0n) is 10.6. The van der Waals surface area contributed by atoms with Crippen LogP contribution in [0, 0.1) is 21.8 Å². The van der Waals surface area contributed by atoms with E-state index in [0.717, 1.165) is 37.5 Å². The third kappa shape index (κ3) is 2.89. The van der Waals surface area contributed by atoms with Crippen molar-refractivity contribution in [2.45, 2.75) is 32.2 Å². The summed E-state index contributed by atoms with van der Waals surface area (Å²) in [5.74, 6) is -0.892. The molecule has 1 fully saturated rings. The van der Waals surface area contributed by atoms with Crippen LogP contribution in [0.15, 0.2) is 18.2 Å². The van der Waals surface area contributed by atoms with Gasteiger partial charge in [0.1, 0.15) is 11.4 Å². The van der Waals surface area contributed by atoms with Crippen molar-refractivity contribution in [2.24, 2.45) is 5.92 Å². The molecule has 2 rings (SSSR count). The van der Waals surface area contributed by atoms with E-state index in [9.17, 15) is 19.3 Å². The van der Waals surface area contributed by atoms with E-state index in [1.54, 1.807) is 0 Å². The van der Waals surface area contributed by atoms with Gasteiger partial charge in [0.05, 0.1) is 4.92 Å². The molecule has 0 unspecified atom stereocenters. The molecule has 0 aromatic heterocycles. The highest BCUT2D eigenvalue weighted by molar-refractivity contribution is 5.98. The van der Waals surface area contributed by atoms with Gasteiger partial charge in [-0.3, -0.25) is 14.9 Å². The summed E-state index contributed by atoms with van der Waals surface area (Å²) in [5.41, 5.74) is -0.589. The Morgan fingerprint density at radius 1 is 1.47 bits per heavy atom. The largest absolute Gasteiger partial charge is 0.349 e. The van der Waals surface area contributed by atoms with Gasteiger partial charge in [-0.15, -0.1) is 0 Å². The molecule has 0 saturated heterocycles. The van der Waals surface area contributed by atoms with Gasteiger partial charge in [0.25, 0.3) is 11.6 Å². The molecule has 19 heavy (non-hydrogen) atoms. The van der Waals surface area contributed by atoms with Crippen LogP contribution in [0.1, 0.15) is 36.5 Å². The molecule has 5 nitrogen and oxygen atoms in total. The number of hydrogen-bond donors (Lipinski definition) is 1. The quantitative estimate of drug-likeness (QED) is 0.675. The van der Waals surface area contributed by atoms with Crippen LogP contribution < -0.4 is 5.32 Å². The Hall–Kier alpha value is -1.98. The number of benzene rings is 1. The molecule has 0 spiro atoms. The molecular formula is C13H15FN2O3. The van der Waals surface area contributed by atoms with E-state index in [0.29, 0.717) is 5.92 Å². The van der Waals surface area contributed by atoms with Crippen LogP contribution >= 0.6 is 0 Å². The Balaban J connectivity index is 2.22. The first kappa shape index (κ1) is 13.5. The number of carbonyl (C=O) groups is 1. The van der Waals surface area contributed by atoms with Gasteiger partial charge in [-0.1, -0.05) is 13.3 Å². The molecule has 0 heterocycles. The number of nitro groups is 1. The van der Waals surface area contributed by atoms with Crippen molar-refractivity contribution in [2.75, 3.05) is 0 Å². The number of amides is 1. The van der Waals surface area contributed by atoms with E-state index in [1.165, 1.54) is 0 Å². The molecule has 0 aliphatic heterocycles. The molecule has 1 aromatic rings. The number of nitro benzene ring substituents is 1. The average Bonchev–Trinajstić information content (AvgIpc) is 2.74. The summed E-state index contributed by atoms with van der Waals surface area (Å²) in [6, 6.07) is 2.91. The van der Waals surface area contributed by atoms with E-state index in [1.807, 2.05) is 6.92 Å². The van der Waals surface area contributed by atoms with Crippen LogP contribution in [0.25, 0.3) is 0 Å². The van der Waals surface area contributed by atoms with Gasteiger partial charge in [-0.25, -0.2) is 4.39 Å². The summed E-state index contributed by atoms with van der Waals surface area (Å²) in [6.07, 6.45) is 2.91. The van der Waals surface area contributed by atoms with Crippen LogP contribution in [-0.2, 0) is 0 Å². The maximum Gasteiger partial charge on any atom is 0.282 e. The predicted octanol–water partition coefficient (Wildman–Crippen LogP) is 2.65. The van der Waals surface area contributed by atoms with E-state index in [2.05, 4.69) is 5.32 Å². The minimum absolute atomic E-state index is 0.00960. The highest BCUT2D eigenvalue weighted by atomic mass is 19.1. The Kier molecular flexibility index (Phi) is 3.78. The van der Waals surface area contributed by atoms with Gasteiger partial charge in [0, 0.05) is 12.1 Å². The van der Waals surface area contributed by atoms with Crippen LogP contribution in [0.2, 0.25) is 0 Å². The minimum Gasteiger partial charge on any atom is -0.349 e. The fraction of sp³-hybridized carbons (Fsp3) is 0.462. The third-order valence-electron chi connectivity index (χ3n) is 3.58. The maximum absolute atomic E-state index is 13.2. The van der Waals surface area contributed by atoms with Crippen LogP contribution in [0.3, 0.4) is 0 Å². The molecule has 6 heteroatoms. The fourth-order valence-corrected chi connectivity index (χ4v) is 2.46. The molecule has 2 atom stereocenters. The van der Waals surface area contributed by atoms with Crippen LogP contribution in [0.5, 0.6) is 0 Å². The van der Waals surface area contributed by atoms with E-state index in [-0.39, 0.29) is 17.3 Å². The molecule has 1 aliphatic rings. The SMILES string of the molecule is C[C@H]1CCC[C@H]1NC(=O)c1cc(F)ccc1[N+](=O)[O-]. The summed E-state index contributed by atoms with van der Waals surface area (Å²) in [6.45, 7) is 2.03. The highest BCUT2D eigenvalue weighted by Gasteiger charge is 2.28. The van der Waals surface area contributed by atoms with E-state index in [4.69, 9.17) is 0 Å². The lowest BCUT2D eigenvalue weighted by Gasteiger charge is -2.17. The number of rotatable bonds is 3. The Morgan fingerprint density at radius 2 is 2.21 bits per heavy atom. The van der Waals surface area contributed by atoms with Gasteiger partial charge in [0.15, 0.2) is 0 Å². The Labute approximate surface area is 110 Å². The summed E-state index contributed by atoms with van der Waals surface area (Å²) < 4.78 is 13.2. The number of halogens is 1. The van der Waals surface area contributed by atoms with Crippen molar-refractivity contribution in [3.05, 3.63) is 39.7 Å². The molecule has 1 aromatic carbocycles. The lowest BCUT2D eigenvalue weighted by molar-refractivity contribution is -0.385. The summed E-state index contributed by atoms with van der Waals surface area (Å²) in [7, 11) is 0. The lowest BCUT2D eigenvalue weighted by Crippen LogP contribution is -2.36. The minimum atomic E-state index is -0.674. The molecule has 1 aliphatic carbocycles. The monoisotopic (exact) mass is 266 g/mol. The van der Waals surface area contributed by atoms with Crippen molar-refractivity contribution >= 4 is 11.6 Å². The maximum atomic E-state index is 13.2. The van der Waals surface area contributed by atoms with E-state index >= 15 is 0 Å². The first-order valence-corrected chi connectivity index (χ1v) is 6.24. The number of hydrogen-bond acceptors (Lipinski definition) is 3. The molecule has 1 N–H and O–H groups in total. The van der Waals surface area contributed by atoms with Crippen molar-refractivity contribution in [3.8, 4) is 0 Å². The summed E-state index contributed by atoms with van der Waals surface area (Å²) in [4.78, 5) is 22.2. The van der Waals surface area contributed by atoms with Gasteiger partial charge >= 0.3 is 0 Å². The second-order valence-corrected chi connectivity index (χ2v) is 4.91. The smallest absolute Gasteiger partial charge is 0.282 e. The first-order chi connectivity index (χ1) is 8.99. The Morgan fingerprint density at radius 3 is 2.79 bits per heavy atom. The molecule has 102 valence electrons. The van der Waals surface area contributed by atoms with E-state index < -0.39 is 16.6 Å². The second-order valence-electron chi connectivity index (χ2n) is 4.91. The third-order valence-corrected chi connectivity index (χ3v) is 3.58. The fourth-order valence-electron chi connectivity index (χ4n) is 2.46. The lowest BCUT2D eigenvalue weighted by atomic mass is 10.1. The van der Waals surface area contributed by atoms with Gasteiger partial charge in [-0.05, 0) is 30.9 Å². The van der Waals surface area contributed by atoms with Crippen molar-refractivity contribution in [3.63, 3.8) is 0 Å². The van der Waals surface area contributed by atoms with Crippen molar-refractivity contribution in [1.29, 1.82) is 0 Å². The van der Waals surface area contributed by atoms with Gasteiger partial charge < -0.3 is 5.32 Å². The normalized spacial score (nSPS) is 22.2. The molecule has 1 saturated carbocycles. The van der Waals surface area contributed by atoms with Crippen LogP contribution in [0.4, 0.5) is 10.1 Å². The van der Waals surface area contributed by atoms with Gasteiger partial charge in [-0.2, -0.15) is 0 Å². The van der Waals surface area contributed by atoms with Crippen molar-refractivity contribution in [1.82, 2.24) is 5.32 Å². The molecule has 1 amide bonds. The van der Waals surface area contributed by atoms with Crippen LogP contribution in [-0.4, -0.2) is 16.9 Å². The summed E-state index contributed by atoms with van der Waals surface area (Å²) >= 11 is 0. The standard InChI is InChI=1S/C13H15FN2O3/c1-8-3-2-4-11(8)15-13(17)10-7-9(14)5-6-12(10)16(18)19/h5-8,11H,2-4H2,1H3,(H,15,17)/t8-,11+/m0/s1. The highest BCUT2D eigenvalue weighted by Crippen LogP contribution is 2.26. The molecule has 0 bridgehead atoms. The number of nitrogens with zero attached hydrogens (tertiary/aromatic N) is 1.